The van der Waals surface area contributed by atoms with Gasteiger partial charge in [-0.2, -0.15) is 0 Å². The summed E-state index contributed by atoms with van der Waals surface area (Å²) in [5.74, 6) is -3.39. The lowest BCUT2D eigenvalue weighted by molar-refractivity contribution is -0.170. The molecular weight excluding hydrogens is 282 g/mol. The second-order valence-corrected chi connectivity index (χ2v) is 4.65. The number of carbonyl (C=O) groups is 2. The van der Waals surface area contributed by atoms with Crippen LogP contribution in [0.3, 0.4) is 0 Å². The molecule has 0 saturated heterocycles. The van der Waals surface area contributed by atoms with Crippen LogP contribution in [0, 0.1) is 17.0 Å². The smallest absolute Gasteiger partial charge is 0.323 e. The zero-order valence-corrected chi connectivity index (χ0v) is 12.2. The predicted molar refractivity (Wildman–Crippen MR) is 71.4 cm³/mol. The molecule has 0 radical (unpaired) electrons. The van der Waals surface area contributed by atoms with Gasteiger partial charge >= 0.3 is 11.9 Å². The Hall–Kier alpha value is -1.98. The maximum Gasteiger partial charge on any atom is 0.323 e. The first-order valence-electron chi connectivity index (χ1n) is 6.64. The van der Waals surface area contributed by atoms with Crippen LogP contribution in [-0.4, -0.2) is 25.2 Å². The fourth-order valence-corrected chi connectivity index (χ4v) is 1.86. The first-order valence-corrected chi connectivity index (χ1v) is 6.64. The minimum Gasteiger partial charge on any atom is -0.465 e. The van der Waals surface area contributed by atoms with E-state index in [0.29, 0.717) is 0 Å². The Bertz CT molecular complexity index is 490. The summed E-state index contributed by atoms with van der Waals surface area (Å²) in [6, 6.07) is 3.34. The lowest BCUT2D eigenvalue weighted by atomic mass is 9.83. The molecule has 0 N–H and O–H groups in total. The van der Waals surface area contributed by atoms with Gasteiger partial charge in [0, 0.05) is 12.0 Å². The Morgan fingerprint density at radius 2 is 1.48 bits per heavy atom. The van der Waals surface area contributed by atoms with Gasteiger partial charge in [0.1, 0.15) is 11.6 Å². The minimum atomic E-state index is -1.80. The molecule has 0 unspecified atom stereocenters. The van der Waals surface area contributed by atoms with Gasteiger partial charge in [0.25, 0.3) is 0 Å². The lowest BCUT2D eigenvalue weighted by Crippen LogP contribution is -2.41. The van der Waals surface area contributed by atoms with Gasteiger partial charge in [-0.3, -0.25) is 9.59 Å². The van der Waals surface area contributed by atoms with E-state index >= 15 is 0 Å². The zero-order valence-electron chi connectivity index (χ0n) is 12.2. The van der Waals surface area contributed by atoms with E-state index in [9.17, 15) is 18.4 Å². The number of halogens is 2. The highest BCUT2D eigenvalue weighted by atomic mass is 19.1. The van der Waals surface area contributed by atoms with Crippen LogP contribution in [0.4, 0.5) is 8.78 Å². The fourth-order valence-electron chi connectivity index (χ4n) is 1.86. The quantitative estimate of drug-likeness (QED) is 0.598. The van der Waals surface area contributed by atoms with E-state index in [1.54, 1.807) is 13.8 Å². The zero-order chi connectivity index (χ0) is 16.0. The molecule has 0 saturated carbocycles. The molecule has 0 heterocycles. The SMILES string of the molecule is CCOC(=O)C(C)(Cc1c(F)cccc1F)C(=O)OCC. The van der Waals surface area contributed by atoms with Crippen molar-refractivity contribution in [1.29, 1.82) is 0 Å². The summed E-state index contributed by atoms with van der Waals surface area (Å²) >= 11 is 0. The minimum absolute atomic E-state index is 0.0492. The van der Waals surface area contributed by atoms with Gasteiger partial charge < -0.3 is 9.47 Å². The maximum atomic E-state index is 13.7. The van der Waals surface area contributed by atoms with Crippen LogP contribution in [0.15, 0.2) is 18.2 Å². The Kier molecular flexibility index (Phi) is 5.81. The molecule has 0 aliphatic heterocycles. The van der Waals surface area contributed by atoms with E-state index in [1.165, 1.54) is 13.0 Å². The maximum absolute atomic E-state index is 13.7. The molecule has 0 bridgehead atoms. The molecule has 1 aromatic rings. The van der Waals surface area contributed by atoms with Crippen molar-refractivity contribution in [3.8, 4) is 0 Å². The van der Waals surface area contributed by atoms with Gasteiger partial charge in [0.05, 0.1) is 13.2 Å². The van der Waals surface area contributed by atoms with Gasteiger partial charge in [0.15, 0.2) is 5.41 Å². The lowest BCUT2D eigenvalue weighted by Gasteiger charge is -2.25. The Balaban J connectivity index is 3.19. The van der Waals surface area contributed by atoms with Crippen LogP contribution in [-0.2, 0) is 25.5 Å². The third-order valence-electron chi connectivity index (χ3n) is 3.04. The van der Waals surface area contributed by atoms with Crippen molar-refractivity contribution in [2.75, 3.05) is 13.2 Å². The van der Waals surface area contributed by atoms with Crippen LogP contribution in [0.25, 0.3) is 0 Å². The summed E-state index contributed by atoms with van der Waals surface area (Å²) < 4.78 is 37.2. The van der Waals surface area contributed by atoms with Crippen molar-refractivity contribution in [3.05, 3.63) is 35.4 Å². The number of hydrogen-bond donors (Lipinski definition) is 0. The molecule has 6 heteroatoms. The summed E-state index contributed by atoms with van der Waals surface area (Å²) in [6.07, 6.45) is -0.469. The summed E-state index contributed by atoms with van der Waals surface area (Å²) in [7, 11) is 0. The Morgan fingerprint density at radius 3 is 1.86 bits per heavy atom. The van der Waals surface area contributed by atoms with Crippen molar-refractivity contribution in [2.24, 2.45) is 5.41 Å². The summed E-state index contributed by atoms with van der Waals surface area (Å²) in [4.78, 5) is 24.1. The van der Waals surface area contributed by atoms with Gasteiger partial charge in [-0.05, 0) is 32.9 Å². The monoisotopic (exact) mass is 300 g/mol. The first-order chi connectivity index (χ1) is 9.86. The van der Waals surface area contributed by atoms with E-state index in [2.05, 4.69) is 0 Å². The second kappa shape index (κ2) is 7.15. The average molecular weight is 300 g/mol. The number of benzene rings is 1. The van der Waals surface area contributed by atoms with E-state index < -0.39 is 35.4 Å². The molecule has 0 aliphatic rings. The normalized spacial score (nSPS) is 11.1. The second-order valence-electron chi connectivity index (χ2n) is 4.65. The predicted octanol–water partition coefficient (Wildman–Crippen LogP) is 2.64. The van der Waals surface area contributed by atoms with Crippen LogP contribution in [0.5, 0.6) is 0 Å². The Morgan fingerprint density at radius 1 is 1.05 bits per heavy atom. The summed E-state index contributed by atoms with van der Waals surface area (Å²) in [6.45, 7) is 4.51. The molecule has 4 nitrogen and oxygen atoms in total. The Labute approximate surface area is 122 Å². The molecule has 21 heavy (non-hydrogen) atoms. The van der Waals surface area contributed by atoms with Gasteiger partial charge in [-0.25, -0.2) is 8.78 Å². The summed E-state index contributed by atoms with van der Waals surface area (Å²) in [5.41, 5.74) is -2.14. The van der Waals surface area contributed by atoms with Crippen molar-refractivity contribution in [3.63, 3.8) is 0 Å². The number of hydrogen-bond acceptors (Lipinski definition) is 4. The molecule has 0 fully saturated rings. The summed E-state index contributed by atoms with van der Waals surface area (Å²) in [5, 5.41) is 0. The third kappa shape index (κ3) is 3.77. The van der Waals surface area contributed by atoms with E-state index in [4.69, 9.17) is 9.47 Å². The van der Waals surface area contributed by atoms with Gasteiger partial charge in [-0.15, -0.1) is 0 Å². The largest absolute Gasteiger partial charge is 0.465 e. The van der Waals surface area contributed by atoms with Gasteiger partial charge in [0.2, 0.25) is 0 Å². The van der Waals surface area contributed by atoms with Crippen LogP contribution >= 0.6 is 0 Å². The van der Waals surface area contributed by atoms with E-state index in [-0.39, 0.29) is 18.8 Å². The number of esters is 2. The van der Waals surface area contributed by atoms with Crippen molar-refractivity contribution in [2.45, 2.75) is 27.2 Å². The third-order valence-corrected chi connectivity index (χ3v) is 3.04. The van der Waals surface area contributed by atoms with Crippen molar-refractivity contribution >= 4 is 11.9 Å². The molecule has 116 valence electrons. The first kappa shape index (κ1) is 17.1. The molecule has 0 spiro atoms. The van der Waals surface area contributed by atoms with Crippen molar-refractivity contribution < 1.29 is 27.8 Å². The van der Waals surface area contributed by atoms with Crippen LogP contribution in [0.2, 0.25) is 0 Å². The molecule has 0 amide bonds. The van der Waals surface area contributed by atoms with Crippen LogP contribution < -0.4 is 0 Å². The molecule has 1 aromatic carbocycles. The fraction of sp³-hybridized carbons (Fsp3) is 0.467. The molecule has 0 aliphatic carbocycles. The molecule has 1 rings (SSSR count). The molecule has 0 aromatic heterocycles. The van der Waals surface area contributed by atoms with Gasteiger partial charge in [-0.1, -0.05) is 6.07 Å². The highest BCUT2D eigenvalue weighted by molar-refractivity contribution is 5.99. The standard InChI is InChI=1S/C15H18F2O4/c1-4-20-13(18)15(3,14(19)21-5-2)9-10-11(16)7-6-8-12(10)17/h6-8H,4-5,9H2,1-3H3. The van der Waals surface area contributed by atoms with Crippen LogP contribution in [0.1, 0.15) is 26.3 Å². The highest BCUT2D eigenvalue weighted by Gasteiger charge is 2.45. The topological polar surface area (TPSA) is 52.6 Å². The molecule has 0 atom stereocenters. The van der Waals surface area contributed by atoms with Crippen molar-refractivity contribution in [1.82, 2.24) is 0 Å². The number of carbonyl (C=O) groups excluding carboxylic acids is 2. The molecular formula is C15H18F2O4. The average Bonchev–Trinajstić information content (AvgIpc) is 2.43. The number of ether oxygens (including phenoxy) is 2. The van der Waals surface area contributed by atoms with E-state index in [0.717, 1.165) is 12.1 Å². The highest BCUT2D eigenvalue weighted by Crippen LogP contribution is 2.29. The van der Waals surface area contributed by atoms with E-state index in [1.807, 2.05) is 0 Å². The number of rotatable bonds is 6.